The van der Waals surface area contributed by atoms with Crippen LogP contribution in [0.2, 0.25) is 0 Å². The van der Waals surface area contributed by atoms with Crippen molar-refractivity contribution in [1.29, 1.82) is 0 Å². The molecule has 1 aromatic heterocycles. The van der Waals surface area contributed by atoms with Gasteiger partial charge in [0, 0.05) is 16.6 Å². The summed E-state index contributed by atoms with van der Waals surface area (Å²) in [6.07, 6.45) is 2.13. The molecule has 0 aliphatic rings. The van der Waals surface area contributed by atoms with Crippen LogP contribution in [0.3, 0.4) is 0 Å². The zero-order valence-electron chi connectivity index (χ0n) is 12.7. The molecule has 0 aliphatic heterocycles. The van der Waals surface area contributed by atoms with E-state index < -0.39 is 0 Å². The summed E-state index contributed by atoms with van der Waals surface area (Å²) in [4.78, 5) is 12.9. The molecule has 21 heavy (non-hydrogen) atoms. The van der Waals surface area contributed by atoms with Crippen LogP contribution in [0.5, 0.6) is 5.75 Å². The topological polar surface area (TPSA) is 64.3 Å². The highest BCUT2D eigenvalue weighted by Gasteiger charge is 2.17. The molecule has 0 fully saturated rings. The molecule has 0 radical (unpaired) electrons. The minimum absolute atomic E-state index is 0.0837. The molecule has 0 spiro atoms. The number of hydrogen-bond acceptors (Lipinski definition) is 4. The Labute approximate surface area is 129 Å². The monoisotopic (exact) mass is 306 g/mol. The predicted octanol–water partition coefficient (Wildman–Crippen LogP) is 3.66. The number of carbonyl (C=O) groups is 1. The van der Waals surface area contributed by atoms with Crippen LogP contribution in [-0.4, -0.2) is 19.6 Å². The fourth-order valence-corrected chi connectivity index (χ4v) is 3.35. The van der Waals surface area contributed by atoms with Crippen LogP contribution in [0, 0.1) is 5.92 Å². The van der Waals surface area contributed by atoms with E-state index in [0.717, 1.165) is 28.7 Å². The lowest BCUT2D eigenvalue weighted by Crippen LogP contribution is -2.28. The summed E-state index contributed by atoms with van der Waals surface area (Å²) in [6.45, 7) is 4.98. The molecule has 5 heteroatoms. The number of benzene rings is 1. The second kappa shape index (κ2) is 6.80. The Hall–Kier alpha value is -1.75. The van der Waals surface area contributed by atoms with Crippen molar-refractivity contribution in [3.05, 3.63) is 23.1 Å². The molecule has 1 aromatic carbocycles. The van der Waals surface area contributed by atoms with Crippen molar-refractivity contribution in [1.82, 2.24) is 5.32 Å². The zero-order valence-corrected chi connectivity index (χ0v) is 13.5. The first-order chi connectivity index (χ1) is 10.1. The van der Waals surface area contributed by atoms with Crippen molar-refractivity contribution < 1.29 is 9.53 Å². The third-order valence-corrected chi connectivity index (χ3v) is 5.01. The van der Waals surface area contributed by atoms with Crippen molar-refractivity contribution >= 4 is 33.0 Å². The van der Waals surface area contributed by atoms with E-state index in [1.807, 2.05) is 18.2 Å². The number of nitrogens with one attached hydrogen (secondary N) is 1. The molecular formula is C16H22N2O2S. The van der Waals surface area contributed by atoms with Gasteiger partial charge < -0.3 is 15.8 Å². The first kappa shape index (κ1) is 15.6. The van der Waals surface area contributed by atoms with E-state index in [4.69, 9.17) is 10.5 Å². The smallest absolute Gasteiger partial charge is 0.263 e. The van der Waals surface area contributed by atoms with Crippen molar-refractivity contribution in [3.8, 4) is 5.75 Å². The Morgan fingerprint density at radius 3 is 2.71 bits per heavy atom. The van der Waals surface area contributed by atoms with E-state index in [0.29, 0.717) is 23.0 Å². The van der Waals surface area contributed by atoms with Crippen LogP contribution in [-0.2, 0) is 0 Å². The third-order valence-electron chi connectivity index (χ3n) is 3.85. The molecule has 114 valence electrons. The van der Waals surface area contributed by atoms with Gasteiger partial charge in [0.15, 0.2) is 0 Å². The third kappa shape index (κ3) is 3.29. The van der Waals surface area contributed by atoms with Crippen molar-refractivity contribution in [2.75, 3.05) is 19.4 Å². The number of carbonyl (C=O) groups excluding carboxylic acids is 1. The molecule has 2 rings (SSSR count). The van der Waals surface area contributed by atoms with E-state index in [1.165, 1.54) is 11.3 Å². The van der Waals surface area contributed by atoms with Crippen molar-refractivity contribution in [2.24, 2.45) is 5.92 Å². The number of anilines is 1. The van der Waals surface area contributed by atoms with Gasteiger partial charge in [-0.2, -0.15) is 0 Å². The van der Waals surface area contributed by atoms with E-state index in [1.54, 1.807) is 7.11 Å². The molecule has 2 aromatic rings. The van der Waals surface area contributed by atoms with Gasteiger partial charge in [0.1, 0.15) is 10.6 Å². The van der Waals surface area contributed by atoms with Crippen LogP contribution in [0.1, 0.15) is 36.4 Å². The molecule has 4 nitrogen and oxygen atoms in total. The van der Waals surface area contributed by atoms with E-state index in [-0.39, 0.29) is 5.91 Å². The number of thiophene rings is 1. The highest BCUT2D eigenvalue weighted by molar-refractivity contribution is 7.21. The van der Waals surface area contributed by atoms with Gasteiger partial charge in [-0.15, -0.1) is 11.3 Å². The highest BCUT2D eigenvalue weighted by Crippen LogP contribution is 2.35. The number of nitrogen functional groups attached to an aromatic ring is 1. The minimum Gasteiger partial charge on any atom is -0.497 e. The van der Waals surface area contributed by atoms with Gasteiger partial charge >= 0.3 is 0 Å². The Morgan fingerprint density at radius 2 is 2.10 bits per heavy atom. The Kier molecular flexibility index (Phi) is 5.07. The number of amides is 1. The summed E-state index contributed by atoms with van der Waals surface area (Å²) >= 11 is 1.41. The van der Waals surface area contributed by atoms with Crippen LogP contribution >= 0.6 is 11.3 Å². The maximum absolute atomic E-state index is 12.3. The summed E-state index contributed by atoms with van der Waals surface area (Å²) in [5.74, 6) is 1.21. The number of ether oxygens (including phenoxy) is 1. The number of methoxy groups -OCH3 is 1. The Bertz CT molecular complexity index is 632. The molecule has 1 amide bonds. The van der Waals surface area contributed by atoms with Crippen molar-refractivity contribution in [3.63, 3.8) is 0 Å². The van der Waals surface area contributed by atoms with Crippen molar-refractivity contribution in [2.45, 2.75) is 26.7 Å². The Balaban J connectivity index is 2.21. The quantitative estimate of drug-likeness (QED) is 0.856. The van der Waals surface area contributed by atoms with Gasteiger partial charge in [-0.3, -0.25) is 4.79 Å². The highest BCUT2D eigenvalue weighted by atomic mass is 32.1. The molecule has 0 bridgehead atoms. The first-order valence-corrected chi connectivity index (χ1v) is 8.06. The normalized spacial score (nSPS) is 11.0. The largest absolute Gasteiger partial charge is 0.497 e. The van der Waals surface area contributed by atoms with Crippen LogP contribution < -0.4 is 15.8 Å². The van der Waals surface area contributed by atoms with Crippen LogP contribution in [0.4, 0.5) is 5.69 Å². The lowest BCUT2D eigenvalue weighted by Gasteiger charge is -2.12. The standard InChI is InChI=1S/C16H22N2O2S/c1-4-10(5-2)9-18-16(19)15-14(17)12-7-6-11(20-3)8-13(12)21-15/h6-8,10H,4-5,9,17H2,1-3H3,(H,18,19). The van der Waals surface area contributed by atoms with Gasteiger partial charge in [-0.25, -0.2) is 0 Å². The minimum atomic E-state index is -0.0837. The number of nitrogens with two attached hydrogens (primary N) is 1. The summed E-state index contributed by atoms with van der Waals surface area (Å²) in [7, 11) is 1.63. The second-order valence-electron chi connectivity index (χ2n) is 5.10. The predicted molar refractivity (Wildman–Crippen MR) is 89.2 cm³/mol. The van der Waals surface area contributed by atoms with E-state index in [2.05, 4.69) is 19.2 Å². The molecule has 3 N–H and O–H groups in total. The molecule has 0 atom stereocenters. The van der Waals surface area contributed by atoms with E-state index in [9.17, 15) is 4.79 Å². The molecular weight excluding hydrogens is 284 g/mol. The van der Waals surface area contributed by atoms with Crippen LogP contribution in [0.25, 0.3) is 10.1 Å². The average Bonchev–Trinajstić information content (AvgIpc) is 2.84. The van der Waals surface area contributed by atoms with Gasteiger partial charge in [0.25, 0.3) is 5.91 Å². The summed E-state index contributed by atoms with van der Waals surface area (Å²) in [5.41, 5.74) is 6.67. The molecule has 0 aliphatic carbocycles. The maximum Gasteiger partial charge on any atom is 0.263 e. The Morgan fingerprint density at radius 1 is 1.38 bits per heavy atom. The van der Waals surface area contributed by atoms with Gasteiger partial charge in [0.2, 0.25) is 0 Å². The second-order valence-corrected chi connectivity index (χ2v) is 6.15. The molecule has 0 saturated heterocycles. The summed E-state index contributed by atoms with van der Waals surface area (Å²) < 4.78 is 6.18. The first-order valence-electron chi connectivity index (χ1n) is 7.24. The molecule has 0 saturated carbocycles. The number of rotatable bonds is 6. The van der Waals surface area contributed by atoms with Gasteiger partial charge in [-0.05, 0) is 24.1 Å². The number of fused-ring (bicyclic) bond motifs is 1. The number of hydrogen-bond donors (Lipinski definition) is 2. The van der Waals surface area contributed by atoms with E-state index >= 15 is 0 Å². The van der Waals surface area contributed by atoms with Crippen LogP contribution in [0.15, 0.2) is 18.2 Å². The maximum atomic E-state index is 12.3. The lowest BCUT2D eigenvalue weighted by molar-refractivity contribution is 0.0951. The summed E-state index contributed by atoms with van der Waals surface area (Å²) in [5, 5.41) is 3.90. The average molecular weight is 306 g/mol. The van der Waals surface area contributed by atoms with Gasteiger partial charge in [0.05, 0.1) is 12.8 Å². The SMILES string of the molecule is CCC(CC)CNC(=O)c1sc2cc(OC)ccc2c1N. The summed E-state index contributed by atoms with van der Waals surface area (Å²) in [6, 6.07) is 5.67. The zero-order chi connectivity index (χ0) is 15.4. The van der Waals surface area contributed by atoms with Gasteiger partial charge in [-0.1, -0.05) is 26.7 Å². The molecule has 0 unspecified atom stereocenters. The fourth-order valence-electron chi connectivity index (χ4n) is 2.29. The molecule has 1 heterocycles. The fraction of sp³-hybridized carbons (Fsp3) is 0.438. The lowest BCUT2D eigenvalue weighted by atomic mass is 10.0.